The van der Waals surface area contributed by atoms with Crippen LogP contribution in [-0.2, 0) is 16.1 Å². The molecule has 0 amide bonds. The van der Waals surface area contributed by atoms with Crippen molar-refractivity contribution < 1.29 is 28.3 Å². The molecule has 2 aromatic carbocycles. The van der Waals surface area contributed by atoms with E-state index in [2.05, 4.69) is 15.0 Å². The lowest BCUT2D eigenvalue weighted by atomic mass is 9.96. The van der Waals surface area contributed by atoms with Crippen LogP contribution < -0.4 is 4.74 Å². The Morgan fingerprint density at radius 2 is 1.88 bits per heavy atom. The number of pyridine rings is 1. The molecule has 1 aromatic heterocycles. The molecule has 1 N–H and O–H groups in total. The van der Waals surface area contributed by atoms with Crippen LogP contribution in [0, 0.1) is 32.4 Å². The lowest BCUT2D eigenvalue weighted by molar-refractivity contribution is -0.140. The highest BCUT2D eigenvalue weighted by molar-refractivity contribution is 6.02. The molecule has 33 heavy (non-hydrogen) atoms. The molecule has 0 bridgehead atoms. The van der Waals surface area contributed by atoms with Crippen LogP contribution in [0.15, 0.2) is 41.6 Å². The Hall–Kier alpha value is -3.81. The van der Waals surface area contributed by atoms with Gasteiger partial charge in [0, 0.05) is 17.7 Å². The molecule has 4 rings (SSSR count). The molecular weight excluding hydrogens is 430 g/mol. The Bertz CT molecular complexity index is 1290. The predicted octanol–water partition coefficient (Wildman–Crippen LogP) is 4.93. The van der Waals surface area contributed by atoms with E-state index in [9.17, 15) is 14.3 Å². The lowest BCUT2D eigenvalue weighted by Crippen LogP contribution is -2.12. The van der Waals surface area contributed by atoms with Crippen LogP contribution >= 0.6 is 0 Å². The average molecular weight is 452 g/mol. The molecule has 3 aromatic rings. The molecule has 6 nitrogen and oxygen atoms in total. The predicted molar refractivity (Wildman–Crippen MR) is 118 cm³/mol. The number of benzene rings is 2. The number of carbonyl (C=O) groups excluding carboxylic acids is 1. The number of nitrogens with zero attached hydrogens (tertiary/aromatic N) is 2. The van der Waals surface area contributed by atoms with E-state index in [1.165, 1.54) is 6.07 Å². The van der Waals surface area contributed by atoms with E-state index >= 15 is 4.39 Å². The van der Waals surface area contributed by atoms with E-state index in [0.29, 0.717) is 28.1 Å². The fourth-order valence-electron chi connectivity index (χ4n) is 3.72. The van der Waals surface area contributed by atoms with Gasteiger partial charge in [-0.3, -0.25) is 0 Å². The van der Waals surface area contributed by atoms with Crippen molar-refractivity contribution in [1.82, 2.24) is 4.98 Å². The van der Waals surface area contributed by atoms with E-state index in [0.717, 1.165) is 5.56 Å². The second kappa shape index (κ2) is 8.97. The molecule has 1 aliphatic rings. The van der Waals surface area contributed by atoms with Crippen molar-refractivity contribution in [2.45, 2.75) is 33.6 Å². The van der Waals surface area contributed by atoms with E-state index in [4.69, 9.17) is 4.74 Å². The standard InChI is InChI=1S/C25H22F2N2O4/c1-13-5-4-6-18(23(13)26)25-20(30)8-7-16(28-25)10-19-14(2)9-21(24(27)15(19)3)32-12-17-11-22(31)33-29-17/h4-9,30H,10-12H2,1-3H3. The fraction of sp³-hybridized carbons (Fsp3) is 0.240. The largest absolute Gasteiger partial charge is 0.506 e. The van der Waals surface area contributed by atoms with Gasteiger partial charge in [-0.2, -0.15) is 0 Å². The molecule has 0 fully saturated rings. The number of aryl methyl sites for hydroxylation is 2. The molecule has 0 saturated heterocycles. The van der Waals surface area contributed by atoms with Crippen LogP contribution in [0.2, 0.25) is 0 Å². The fourth-order valence-corrected chi connectivity index (χ4v) is 3.72. The third-order valence-corrected chi connectivity index (χ3v) is 5.58. The molecule has 0 atom stereocenters. The number of aromatic nitrogens is 1. The maximum Gasteiger partial charge on any atom is 0.340 e. The van der Waals surface area contributed by atoms with Crippen molar-refractivity contribution in [3.05, 3.63) is 76.0 Å². The van der Waals surface area contributed by atoms with Crippen molar-refractivity contribution in [1.29, 1.82) is 0 Å². The Kier molecular flexibility index (Phi) is 6.09. The van der Waals surface area contributed by atoms with Crippen LogP contribution in [0.1, 0.15) is 34.4 Å². The summed E-state index contributed by atoms with van der Waals surface area (Å²) in [7, 11) is 0. The van der Waals surface area contributed by atoms with E-state index < -0.39 is 17.6 Å². The molecule has 0 saturated carbocycles. The number of carbonyl (C=O) groups is 1. The molecular formula is C25H22F2N2O4. The Balaban J connectivity index is 1.61. The summed E-state index contributed by atoms with van der Waals surface area (Å²) in [6, 6.07) is 9.57. The van der Waals surface area contributed by atoms with Crippen molar-refractivity contribution in [2.75, 3.05) is 6.61 Å². The molecule has 1 aliphatic heterocycles. The van der Waals surface area contributed by atoms with Gasteiger partial charge in [0.2, 0.25) is 0 Å². The van der Waals surface area contributed by atoms with Gasteiger partial charge < -0.3 is 14.7 Å². The van der Waals surface area contributed by atoms with Crippen LogP contribution in [0.25, 0.3) is 11.3 Å². The number of oxime groups is 1. The van der Waals surface area contributed by atoms with Crippen LogP contribution in [0.4, 0.5) is 8.78 Å². The molecule has 0 radical (unpaired) electrons. The van der Waals surface area contributed by atoms with Crippen LogP contribution in [0.3, 0.4) is 0 Å². The topological polar surface area (TPSA) is 81.0 Å². The summed E-state index contributed by atoms with van der Waals surface area (Å²) in [6.45, 7) is 5.07. The quantitative estimate of drug-likeness (QED) is 0.537. The van der Waals surface area contributed by atoms with Gasteiger partial charge >= 0.3 is 5.97 Å². The third-order valence-electron chi connectivity index (χ3n) is 5.58. The van der Waals surface area contributed by atoms with Gasteiger partial charge in [-0.05, 0) is 67.3 Å². The van der Waals surface area contributed by atoms with Crippen molar-refractivity contribution in [3.63, 3.8) is 0 Å². The maximum atomic E-state index is 15.0. The van der Waals surface area contributed by atoms with Gasteiger partial charge in [0.25, 0.3) is 0 Å². The van der Waals surface area contributed by atoms with Gasteiger partial charge in [-0.25, -0.2) is 18.6 Å². The molecule has 0 spiro atoms. The summed E-state index contributed by atoms with van der Waals surface area (Å²) in [5, 5.41) is 13.9. The Morgan fingerprint density at radius 3 is 2.61 bits per heavy atom. The van der Waals surface area contributed by atoms with Crippen LogP contribution in [0.5, 0.6) is 11.5 Å². The number of halogens is 2. The second-order valence-electron chi connectivity index (χ2n) is 7.98. The first-order valence-electron chi connectivity index (χ1n) is 10.4. The molecule has 0 unspecified atom stereocenters. The van der Waals surface area contributed by atoms with Gasteiger partial charge in [0.15, 0.2) is 11.6 Å². The van der Waals surface area contributed by atoms with Gasteiger partial charge in [-0.1, -0.05) is 17.3 Å². The Morgan fingerprint density at radius 1 is 1.09 bits per heavy atom. The zero-order valence-electron chi connectivity index (χ0n) is 18.4. The third kappa shape index (κ3) is 4.55. The molecule has 170 valence electrons. The molecule has 8 heteroatoms. The number of aromatic hydroxyl groups is 1. The van der Waals surface area contributed by atoms with E-state index in [1.807, 2.05) is 6.92 Å². The number of ether oxygens (including phenoxy) is 1. The highest BCUT2D eigenvalue weighted by Crippen LogP contribution is 2.33. The molecule has 0 aliphatic carbocycles. The summed E-state index contributed by atoms with van der Waals surface area (Å²) in [4.78, 5) is 20.1. The first-order chi connectivity index (χ1) is 15.7. The normalized spacial score (nSPS) is 13.1. The van der Waals surface area contributed by atoms with Gasteiger partial charge in [0.05, 0.1) is 6.42 Å². The smallest absolute Gasteiger partial charge is 0.340 e. The number of hydrogen-bond donors (Lipinski definition) is 1. The number of hydrogen-bond acceptors (Lipinski definition) is 6. The van der Waals surface area contributed by atoms with Crippen LogP contribution in [-0.4, -0.2) is 28.4 Å². The minimum absolute atomic E-state index is 0.0219. The van der Waals surface area contributed by atoms with Gasteiger partial charge in [-0.15, -0.1) is 0 Å². The first-order valence-corrected chi connectivity index (χ1v) is 10.4. The summed E-state index contributed by atoms with van der Waals surface area (Å²) in [5.41, 5.74) is 3.62. The monoisotopic (exact) mass is 452 g/mol. The summed E-state index contributed by atoms with van der Waals surface area (Å²) < 4.78 is 35.2. The number of rotatable bonds is 6. The Labute approximate surface area is 189 Å². The zero-order chi connectivity index (χ0) is 23.7. The highest BCUT2D eigenvalue weighted by Gasteiger charge is 2.21. The SMILES string of the molecule is Cc1cccc(-c2nc(Cc3c(C)cc(OCC4=NOC(=O)C4)c(F)c3C)ccc2O)c1F. The zero-order valence-corrected chi connectivity index (χ0v) is 18.4. The summed E-state index contributed by atoms with van der Waals surface area (Å²) in [5.74, 6) is -1.52. The van der Waals surface area contributed by atoms with Gasteiger partial charge in [0.1, 0.15) is 29.6 Å². The second-order valence-corrected chi connectivity index (χ2v) is 7.98. The minimum Gasteiger partial charge on any atom is -0.506 e. The maximum absolute atomic E-state index is 15.0. The van der Waals surface area contributed by atoms with E-state index in [1.54, 1.807) is 44.2 Å². The lowest BCUT2D eigenvalue weighted by Gasteiger charge is -2.16. The first kappa shape index (κ1) is 22.4. The highest BCUT2D eigenvalue weighted by atomic mass is 19.1. The van der Waals surface area contributed by atoms with Crippen molar-refractivity contribution in [3.8, 4) is 22.8 Å². The van der Waals surface area contributed by atoms with E-state index in [-0.39, 0.29) is 42.2 Å². The van der Waals surface area contributed by atoms with Crippen molar-refractivity contribution >= 4 is 11.7 Å². The minimum atomic E-state index is -0.523. The summed E-state index contributed by atoms with van der Waals surface area (Å²) in [6.07, 6.45) is 0.304. The average Bonchev–Trinajstić information content (AvgIpc) is 3.21. The van der Waals surface area contributed by atoms with Crippen molar-refractivity contribution in [2.24, 2.45) is 5.16 Å². The molecule has 2 heterocycles. The summed E-state index contributed by atoms with van der Waals surface area (Å²) >= 11 is 0.